The quantitative estimate of drug-likeness (QED) is 0.321. The van der Waals surface area contributed by atoms with E-state index in [0.29, 0.717) is 18.6 Å². The summed E-state index contributed by atoms with van der Waals surface area (Å²) in [6.45, 7) is 19.8. The number of ether oxygens (including phenoxy) is 1. The maximum absolute atomic E-state index is 13.8. The van der Waals surface area contributed by atoms with Crippen molar-refractivity contribution in [1.82, 2.24) is 10.2 Å². The van der Waals surface area contributed by atoms with Crippen molar-refractivity contribution in [2.75, 3.05) is 13.7 Å². The Bertz CT molecular complexity index is 913. The number of nitrogens with one attached hydrogen (secondary N) is 1. The highest BCUT2D eigenvalue weighted by Gasteiger charge is 2.41. The minimum Gasteiger partial charge on any atom is -0.463 e. The summed E-state index contributed by atoms with van der Waals surface area (Å²) >= 11 is 0. The normalized spacial score (nSPS) is 15.2. The zero-order chi connectivity index (χ0) is 27.8. The van der Waals surface area contributed by atoms with Crippen molar-refractivity contribution in [2.24, 2.45) is 17.3 Å². The van der Waals surface area contributed by atoms with E-state index in [4.69, 9.17) is 4.74 Å². The smallest absolute Gasteiger partial charge is 0.333 e. The molecule has 6 heteroatoms. The van der Waals surface area contributed by atoms with Crippen LogP contribution in [0.5, 0.6) is 0 Å². The van der Waals surface area contributed by atoms with Crippen molar-refractivity contribution in [2.45, 2.75) is 93.2 Å². The summed E-state index contributed by atoms with van der Waals surface area (Å²) < 4.78 is 5.12. The van der Waals surface area contributed by atoms with E-state index in [1.807, 2.05) is 71.9 Å². The number of carbonyl (C=O) groups is 3. The molecule has 0 saturated heterocycles. The van der Waals surface area contributed by atoms with Gasteiger partial charge in [-0.05, 0) is 37.2 Å². The lowest BCUT2D eigenvalue weighted by Crippen LogP contribution is -2.58. The first-order valence-corrected chi connectivity index (χ1v) is 13.1. The fourth-order valence-electron chi connectivity index (χ4n) is 4.65. The molecule has 6 nitrogen and oxygen atoms in total. The maximum Gasteiger partial charge on any atom is 0.333 e. The molecule has 0 heterocycles. The Labute approximate surface area is 218 Å². The number of esters is 1. The highest BCUT2D eigenvalue weighted by molar-refractivity contribution is 5.90. The molecule has 0 fully saturated rings. The van der Waals surface area contributed by atoms with Crippen LogP contribution in [0, 0.1) is 17.3 Å². The first kappa shape index (κ1) is 31.4. The number of benzene rings is 1. The summed E-state index contributed by atoms with van der Waals surface area (Å²) in [6, 6.07) is 8.96. The van der Waals surface area contributed by atoms with Gasteiger partial charge in [0, 0.05) is 24.0 Å². The molecule has 1 N–H and O–H groups in total. The summed E-state index contributed by atoms with van der Waals surface area (Å²) in [5.74, 6) is -0.962. The van der Waals surface area contributed by atoms with E-state index >= 15 is 0 Å². The predicted molar refractivity (Wildman–Crippen MR) is 146 cm³/mol. The minimum absolute atomic E-state index is 0.0556. The fourth-order valence-corrected chi connectivity index (χ4v) is 4.65. The van der Waals surface area contributed by atoms with Crippen LogP contribution >= 0.6 is 0 Å². The van der Waals surface area contributed by atoms with Crippen LogP contribution in [0.25, 0.3) is 0 Å². The molecule has 0 radical (unpaired) electrons. The van der Waals surface area contributed by atoms with E-state index in [-0.39, 0.29) is 29.7 Å². The lowest BCUT2D eigenvalue weighted by molar-refractivity contribution is -0.142. The molecule has 36 heavy (non-hydrogen) atoms. The van der Waals surface area contributed by atoms with Gasteiger partial charge in [0.15, 0.2) is 0 Å². The summed E-state index contributed by atoms with van der Waals surface area (Å²) in [6.07, 6.45) is 2.43. The molecule has 0 bridgehead atoms. The fraction of sp³-hybridized carbons (Fsp3) is 0.633. The Balaban J connectivity index is 3.28. The van der Waals surface area contributed by atoms with E-state index in [9.17, 15) is 14.4 Å². The summed E-state index contributed by atoms with van der Waals surface area (Å²) in [5.41, 5.74) is 0.624. The number of carbonyl (C=O) groups excluding carboxylic acids is 3. The van der Waals surface area contributed by atoms with E-state index in [1.54, 1.807) is 31.9 Å². The van der Waals surface area contributed by atoms with E-state index in [1.165, 1.54) is 0 Å². The third-order valence-electron chi connectivity index (χ3n) is 7.01. The van der Waals surface area contributed by atoms with Gasteiger partial charge in [-0.25, -0.2) is 4.79 Å². The van der Waals surface area contributed by atoms with Gasteiger partial charge in [0.1, 0.15) is 6.04 Å². The third kappa shape index (κ3) is 7.94. The Kier molecular flexibility index (Phi) is 11.4. The number of nitrogens with zero attached hydrogens (tertiary/aromatic N) is 1. The lowest BCUT2D eigenvalue weighted by atomic mass is 9.71. The molecule has 0 aliphatic carbocycles. The number of hydrogen-bond acceptors (Lipinski definition) is 4. The van der Waals surface area contributed by atoms with Crippen LogP contribution in [0.15, 0.2) is 42.0 Å². The first-order valence-electron chi connectivity index (χ1n) is 13.1. The standard InChI is InChI=1S/C30H48N2O4/c1-12-23(30(9,10)22-17-15-14-16-18-22)26(33)31-25(29(6,7)8)27(34)32(11)24(20(3)4)19-21(5)28(35)36-13-2/h14-20,23-25H,12-13H2,1-11H3,(H,31,33)/b21-19+/t23-,24+,25+/m0/s1. The van der Waals surface area contributed by atoms with E-state index < -0.39 is 22.8 Å². The average Bonchev–Trinajstić information content (AvgIpc) is 2.80. The van der Waals surface area contributed by atoms with Gasteiger partial charge in [-0.1, -0.05) is 91.8 Å². The maximum atomic E-state index is 13.8. The van der Waals surface area contributed by atoms with Crippen molar-refractivity contribution in [1.29, 1.82) is 0 Å². The Hall–Kier alpha value is -2.63. The van der Waals surface area contributed by atoms with Crippen LogP contribution in [0.1, 0.15) is 81.2 Å². The van der Waals surface area contributed by atoms with Gasteiger partial charge in [0.25, 0.3) is 0 Å². The van der Waals surface area contributed by atoms with Crippen LogP contribution in [0.2, 0.25) is 0 Å². The first-order chi connectivity index (χ1) is 16.6. The number of amides is 2. The van der Waals surface area contributed by atoms with Crippen LogP contribution in [-0.4, -0.2) is 48.4 Å². The number of hydrogen-bond donors (Lipinski definition) is 1. The SMILES string of the molecule is CCOC(=O)/C(C)=C/[C@H](C(C)C)N(C)C(=O)[C@@H](NC(=O)[C@H](CC)C(C)(C)c1ccccc1)C(C)(C)C. The van der Waals surface area contributed by atoms with E-state index in [0.717, 1.165) is 5.56 Å². The molecule has 202 valence electrons. The second kappa shape index (κ2) is 13.1. The molecule has 3 atom stereocenters. The minimum atomic E-state index is -0.729. The third-order valence-corrected chi connectivity index (χ3v) is 7.01. The summed E-state index contributed by atoms with van der Waals surface area (Å²) in [4.78, 5) is 41.4. The molecule has 0 aromatic heterocycles. The molecular formula is C30H48N2O4. The van der Waals surface area contributed by atoms with Crippen molar-refractivity contribution in [3.63, 3.8) is 0 Å². The van der Waals surface area contributed by atoms with Gasteiger partial charge < -0.3 is 15.0 Å². The van der Waals surface area contributed by atoms with E-state index in [2.05, 4.69) is 19.2 Å². The van der Waals surface area contributed by atoms with Gasteiger partial charge in [0.05, 0.1) is 12.6 Å². The number of rotatable bonds is 11. The van der Waals surface area contributed by atoms with Crippen LogP contribution < -0.4 is 5.32 Å². The van der Waals surface area contributed by atoms with Crippen molar-refractivity contribution in [3.8, 4) is 0 Å². The van der Waals surface area contributed by atoms with Crippen LogP contribution in [0.3, 0.4) is 0 Å². The molecule has 1 aromatic rings. The van der Waals surface area contributed by atoms with Gasteiger partial charge >= 0.3 is 5.97 Å². The molecular weight excluding hydrogens is 452 g/mol. The van der Waals surface area contributed by atoms with Crippen LogP contribution in [0.4, 0.5) is 0 Å². The largest absolute Gasteiger partial charge is 0.463 e. The highest BCUT2D eigenvalue weighted by Crippen LogP contribution is 2.35. The highest BCUT2D eigenvalue weighted by atomic mass is 16.5. The van der Waals surface area contributed by atoms with Gasteiger partial charge in [0.2, 0.25) is 11.8 Å². The van der Waals surface area contributed by atoms with Gasteiger partial charge in [-0.2, -0.15) is 0 Å². The molecule has 0 saturated carbocycles. The second-order valence-corrected chi connectivity index (χ2v) is 11.6. The zero-order valence-electron chi connectivity index (χ0n) is 24.3. The Morgan fingerprint density at radius 2 is 1.58 bits per heavy atom. The van der Waals surface area contributed by atoms with Gasteiger partial charge in [-0.3, -0.25) is 9.59 Å². The molecule has 0 spiro atoms. The molecule has 0 aliphatic heterocycles. The van der Waals surface area contributed by atoms with Crippen molar-refractivity contribution < 1.29 is 19.1 Å². The monoisotopic (exact) mass is 500 g/mol. The molecule has 1 aromatic carbocycles. The van der Waals surface area contributed by atoms with Gasteiger partial charge in [-0.15, -0.1) is 0 Å². The van der Waals surface area contributed by atoms with Crippen LogP contribution in [-0.2, 0) is 24.5 Å². The number of likely N-dealkylation sites (N-methyl/N-ethyl adjacent to an activating group) is 1. The van der Waals surface area contributed by atoms with Crippen molar-refractivity contribution in [3.05, 3.63) is 47.5 Å². The van der Waals surface area contributed by atoms with Crippen molar-refractivity contribution >= 4 is 17.8 Å². The Morgan fingerprint density at radius 1 is 1.03 bits per heavy atom. The summed E-state index contributed by atoms with van der Waals surface area (Å²) in [5, 5.41) is 3.11. The molecule has 2 amide bonds. The second-order valence-electron chi connectivity index (χ2n) is 11.6. The zero-order valence-corrected chi connectivity index (χ0v) is 24.3. The molecule has 0 unspecified atom stereocenters. The lowest BCUT2D eigenvalue weighted by Gasteiger charge is -2.39. The average molecular weight is 501 g/mol. The molecule has 0 aliphatic rings. The molecule has 1 rings (SSSR count). The summed E-state index contributed by atoms with van der Waals surface area (Å²) in [7, 11) is 1.73. The Morgan fingerprint density at radius 3 is 2.03 bits per heavy atom. The topological polar surface area (TPSA) is 75.7 Å². The predicted octanol–water partition coefficient (Wildman–Crippen LogP) is 5.51.